The first-order chi connectivity index (χ1) is 12.7. The second kappa shape index (κ2) is 12.8. The summed E-state index contributed by atoms with van der Waals surface area (Å²) in [5.74, 6) is 1.29. The van der Waals surface area contributed by atoms with Crippen LogP contribution in [0.15, 0.2) is 30.6 Å². The fraction of sp³-hybridized carbons (Fsp3) is 0.526. The van der Waals surface area contributed by atoms with E-state index < -0.39 is 0 Å². The standard InChI is InChI=1S/C19H27N3O2S2/c23-18(8-2-1-7-17-10-14-25-26-17)21-12-13-22-19(24)9-3-5-16-6-4-11-20-15-16/h3-6,11,15,17H,1-2,7-10,12-14H2,(H,21,23)(H,22,24)/t17-/m1/s1. The van der Waals surface area contributed by atoms with Crippen molar-refractivity contribution in [3.05, 3.63) is 36.2 Å². The molecule has 0 bridgehead atoms. The van der Waals surface area contributed by atoms with Gasteiger partial charge in [-0.3, -0.25) is 14.6 Å². The lowest BCUT2D eigenvalue weighted by molar-refractivity contribution is -0.122. The highest BCUT2D eigenvalue weighted by Crippen LogP contribution is 2.39. The number of aromatic nitrogens is 1. The summed E-state index contributed by atoms with van der Waals surface area (Å²) >= 11 is 0. The quantitative estimate of drug-likeness (QED) is 0.445. The van der Waals surface area contributed by atoms with Crippen LogP contribution in [0.5, 0.6) is 0 Å². The third kappa shape index (κ3) is 9.29. The lowest BCUT2D eigenvalue weighted by Gasteiger charge is -2.08. The van der Waals surface area contributed by atoms with Crippen LogP contribution in [-0.4, -0.2) is 40.9 Å². The molecule has 26 heavy (non-hydrogen) atoms. The first-order valence-corrected chi connectivity index (χ1v) is 11.5. The highest BCUT2D eigenvalue weighted by atomic mass is 33.1. The van der Waals surface area contributed by atoms with E-state index in [4.69, 9.17) is 0 Å². The predicted octanol–water partition coefficient (Wildman–Crippen LogP) is 3.43. The Kier molecular flexibility index (Phi) is 10.3. The number of pyridine rings is 1. The van der Waals surface area contributed by atoms with Gasteiger partial charge in [0.1, 0.15) is 0 Å². The molecule has 1 aromatic rings. The minimum absolute atomic E-state index is 0.0497. The number of unbranched alkanes of at least 4 members (excludes halogenated alkanes) is 1. The van der Waals surface area contributed by atoms with Crippen molar-refractivity contribution in [3.63, 3.8) is 0 Å². The van der Waals surface area contributed by atoms with Crippen LogP contribution in [0.3, 0.4) is 0 Å². The lowest BCUT2D eigenvalue weighted by Crippen LogP contribution is -2.34. The smallest absolute Gasteiger partial charge is 0.223 e. The minimum Gasteiger partial charge on any atom is -0.354 e. The fourth-order valence-electron chi connectivity index (χ4n) is 2.56. The third-order valence-corrected chi connectivity index (χ3v) is 6.98. The van der Waals surface area contributed by atoms with Crippen molar-refractivity contribution in [2.75, 3.05) is 18.8 Å². The zero-order valence-corrected chi connectivity index (χ0v) is 16.6. The fourth-order valence-corrected chi connectivity index (χ4v) is 5.59. The molecule has 1 aliphatic rings. The molecule has 5 nitrogen and oxygen atoms in total. The number of hydrogen-bond acceptors (Lipinski definition) is 5. The highest BCUT2D eigenvalue weighted by molar-refractivity contribution is 8.77. The van der Waals surface area contributed by atoms with E-state index in [-0.39, 0.29) is 11.8 Å². The van der Waals surface area contributed by atoms with Crippen LogP contribution >= 0.6 is 21.6 Å². The first-order valence-electron chi connectivity index (χ1n) is 9.12. The van der Waals surface area contributed by atoms with E-state index in [1.165, 1.54) is 18.6 Å². The summed E-state index contributed by atoms with van der Waals surface area (Å²) in [7, 11) is 3.95. The Labute approximate surface area is 163 Å². The van der Waals surface area contributed by atoms with Gasteiger partial charge in [-0.1, -0.05) is 46.2 Å². The molecule has 0 aliphatic carbocycles. The molecule has 0 radical (unpaired) electrons. The molecule has 142 valence electrons. The van der Waals surface area contributed by atoms with Crippen molar-refractivity contribution in [3.8, 4) is 0 Å². The number of hydrogen-bond donors (Lipinski definition) is 2. The van der Waals surface area contributed by atoms with Crippen LogP contribution in [-0.2, 0) is 9.59 Å². The van der Waals surface area contributed by atoms with E-state index >= 15 is 0 Å². The van der Waals surface area contributed by atoms with Crippen molar-refractivity contribution < 1.29 is 9.59 Å². The van der Waals surface area contributed by atoms with Gasteiger partial charge in [0.25, 0.3) is 0 Å². The molecule has 0 aromatic carbocycles. The predicted molar refractivity (Wildman–Crippen MR) is 111 cm³/mol. The maximum absolute atomic E-state index is 11.8. The van der Waals surface area contributed by atoms with Gasteiger partial charge in [0.05, 0.1) is 0 Å². The van der Waals surface area contributed by atoms with E-state index in [9.17, 15) is 9.59 Å². The number of carbonyl (C=O) groups is 2. The van der Waals surface area contributed by atoms with Gasteiger partial charge in [-0.15, -0.1) is 0 Å². The maximum Gasteiger partial charge on any atom is 0.223 e. The molecule has 1 aliphatic heterocycles. The Morgan fingerprint density at radius 3 is 2.81 bits per heavy atom. The Morgan fingerprint density at radius 2 is 2.08 bits per heavy atom. The van der Waals surface area contributed by atoms with Gasteiger partial charge in [-0.25, -0.2) is 0 Å². The summed E-state index contributed by atoms with van der Waals surface area (Å²) in [5.41, 5.74) is 0.970. The molecule has 7 heteroatoms. The maximum atomic E-state index is 11.8. The van der Waals surface area contributed by atoms with Crippen LogP contribution in [0, 0.1) is 0 Å². The molecular formula is C19H27N3O2S2. The van der Waals surface area contributed by atoms with Crippen LogP contribution in [0.4, 0.5) is 0 Å². The van der Waals surface area contributed by atoms with Gasteiger partial charge < -0.3 is 10.6 Å². The number of carbonyl (C=O) groups excluding carboxylic acids is 2. The van der Waals surface area contributed by atoms with Gasteiger partial charge in [-0.2, -0.15) is 0 Å². The molecular weight excluding hydrogens is 366 g/mol. The van der Waals surface area contributed by atoms with Crippen molar-refractivity contribution in [2.45, 2.75) is 43.8 Å². The zero-order valence-electron chi connectivity index (χ0n) is 15.0. The molecule has 2 rings (SSSR count). The summed E-state index contributed by atoms with van der Waals surface area (Å²) in [4.78, 5) is 27.5. The second-order valence-corrected chi connectivity index (χ2v) is 8.95. The Hall–Kier alpha value is -1.47. The summed E-state index contributed by atoms with van der Waals surface area (Å²) < 4.78 is 0. The number of nitrogens with one attached hydrogen (secondary N) is 2. The average Bonchev–Trinajstić information content (AvgIpc) is 3.17. The molecule has 1 atom stereocenters. The van der Waals surface area contributed by atoms with E-state index in [2.05, 4.69) is 15.6 Å². The Morgan fingerprint density at radius 1 is 1.23 bits per heavy atom. The SMILES string of the molecule is O=C(CC=Cc1cccnc1)NCCNC(=O)CCCC[C@@H]1CCSS1. The zero-order chi connectivity index (χ0) is 18.5. The monoisotopic (exact) mass is 393 g/mol. The highest BCUT2D eigenvalue weighted by Gasteiger charge is 2.15. The van der Waals surface area contributed by atoms with E-state index in [0.717, 1.165) is 23.7 Å². The number of rotatable bonds is 11. The van der Waals surface area contributed by atoms with Crippen LogP contribution in [0.25, 0.3) is 6.08 Å². The molecule has 2 N–H and O–H groups in total. The summed E-state index contributed by atoms with van der Waals surface area (Å²) in [5, 5.41) is 6.45. The molecule has 1 saturated heterocycles. The number of nitrogens with zero attached hydrogens (tertiary/aromatic N) is 1. The van der Waals surface area contributed by atoms with Crippen molar-refractivity contribution in [1.29, 1.82) is 0 Å². The molecule has 1 aromatic heterocycles. The molecule has 2 amide bonds. The van der Waals surface area contributed by atoms with Gasteiger partial charge in [0.15, 0.2) is 0 Å². The normalized spacial score (nSPS) is 16.7. The largest absolute Gasteiger partial charge is 0.354 e. The van der Waals surface area contributed by atoms with Crippen LogP contribution in [0.1, 0.15) is 44.1 Å². The topological polar surface area (TPSA) is 71.1 Å². The van der Waals surface area contributed by atoms with E-state index in [1.807, 2.05) is 45.9 Å². The molecule has 0 spiro atoms. The Balaban J connectivity index is 1.44. The summed E-state index contributed by atoms with van der Waals surface area (Å²) in [6.07, 6.45) is 12.6. The van der Waals surface area contributed by atoms with E-state index in [0.29, 0.717) is 25.9 Å². The second-order valence-electron chi connectivity index (χ2n) is 6.17. The van der Waals surface area contributed by atoms with Gasteiger partial charge >= 0.3 is 0 Å². The molecule has 2 heterocycles. The first kappa shape index (κ1) is 20.8. The Bertz CT molecular complexity index is 575. The van der Waals surface area contributed by atoms with Crippen molar-refractivity contribution in [1.82, 2.24) is 15.6 Å². The summed E-state index contributed by atoms with van der Waals surface area (Å²) in [6, 6.07) is 3.79. The summed E-state index contributed by atoms with van der Waals surface area (Å²) in [6.45, 7) is 0.938. The molecule has 0 saturated carbocycles. The van der Waals surface area contributed by atoms with Crippen molar-refractivity contribution in [2.24, 2.45) is 0 Å². The minimum atomic E-state index is -0.0497. The van der Waals surface area contributed by atoms with Gasteiger partial charge in [0.2, 0.25) is 11.8 Å². The van der Waals surface area contributed by atoms with Crippen LogP contribution < -0.4 is 10.6 Å². The third-order valence-electron chi connectivity index (χ3n) is 3.97. The van der Waals surface area contributed by atoms with Crippen molar-refractivity contribution >= 4 is 39.5 Å². The molecule has 0 unspecified atom stereocenters. The number of amides is 2. The van der Waals surface area contributed by atoms with Gasteiger partial charge in [0, 0.05) is 49.3 Å². The average molecular weight is 394 g/mol. The van der Waals surface area contributed by atoms with Crippen LogP contribution in [0.2, 0.25) is 0 Å². The molecule has 1 fully saturated rings. The van der Waals surface area contributed by atoms with E-state index in [1.54, 1.807) is 12.4 Å². The lowest BCUT2D eigenvalue weighted by atomic mass is 10.1. The van der Waals surface area contributed by atoms with Gasteiger partial charge in [-0.05, 0) is 30.9 Å².